The zero-order chi connectivity index (χ0) is 21.7. The molecule has 1 amide bonds. The van der Waals surface area contributed by atoms with Crippen LogP contribution >= 0.6 is 0 Å². The van der Waals surface area contributed by atoms with Crippen molar-refractivity contribution in [3.8, 4) is 0 Å². The number of nitrogens with zero attached hydrogens (tertiary/aromatic N) is 2. The minimum Gasteiger partial charge on any atom is -0.467 e. The van der Waals surface area contributed by atoms with Crippen molar-refractivity contribution in [2.24, 2.45) is 22.7 Å². The van der Waals surface area contributed by atoms with Gasteiger partial charge in [-0.05, 0) is 48.8 Å². The number of furan rings is 1. The van der Waals surface area contributed by atoms with E-state index in [9.17, 15) is 4.79 Å². The van der Waals surface area contributed by atoms with E-state index >= 15 is 0 Å². The largest absolute Gasteiger partial charge is 0.467 e. The first-order valence-corrected chi connectivity index (χ1v) is 12.3. The molecule has 168 valence electrons. The summed E-state index contributed by atoms with van der Waals surface area (Å²) < 4.78 is 12.5. The molecule has 0 N–H and O–H groups in total. The maximum atomic E-state index is 13.8. The molecule has 5 atom stereocenters. The first kappa shape index (κ1) is 20.2. The number of hydrogen-bond donors (Lipinski definition) is 0. The molecule has 1 aromatic carbocycles. The van der Waals surface area contributed by atoms with E-state index in [1.54, 1.807) is 6.26 Å². The molecule has 2 aromatic rings. The van der Waals surface area contributed by atoms with Gasteiger partial charge in [-0.2, -0.15) is 0 Å². The molecule has 0 radical (unpaired) electrons. The van der Waals surface area contributed by atoms with Gasteiger partial charge in [0.25, 0.3) is 0 Å². The van der Waals surface area contributed by atoms with Crippen molar-refractivity contribution >= 4 is 11.6 Å². The predicted molar refractivity (Wildman–Crippen MR) is 122 cm³/mol. The van der Waals surface area contributed by atoms with Crippen LogP contribution in [0.3, 0.4) is 0 Å². The third kappa shape index (κ3) is 3.16. The van der Waals surface area contributed by atoms with Gasteiger partial charge < -0.3 is 14.1 Å². The molecule has 6 rings (SSSR count). The van der Waals surface area contributed by atoms with Gasteiger partial charge in [0.1, 0.15) is 5.76 Å². The van der Waals surface area contributed by atoms with E-state index in [4.69, 9.17) is 14.1 Å². The molecule has 5 nitrogen and oxygen atoms in total. The quantitative estimate of drug-likeness (QED) is 0.639. The normalized spacial score (nSPS) is 35.0. The van der Waals surface area contributed by atoms with E-state index in [1.807, 2.05) is 17.0 Å². The Morgan fingerprint density at radius 1 is 1.06 bits per heavy atom. The molecular formula is C27H32N2O3. The number of hydrogen-bond acceptors (Lipinski definition) is 4. The van der Waals surface area contributed by atoms with E-state index < -0.39 is 5.72 Å². The summed E-state index contributed by atoms with van der Waals surface area (Å²) in [6.07, 6.45) is 9.27. The Labute approximate surface area is 189 Å². The van der Waals surface area contributed by atoms with Crippen LogP contribution in [0.15, 0.2) is 58.1 Å². The van der Waals surface area contributed by atoms with Crippen molar-refractivity contribution in [2.75, 3.05) is 0 Å². The summed E-state index contributed by atoms with van der Waals surface area (Å²) in [7, 11) is 0. The van der Waals surface area contributed by atoms with Crippen molar-refractivity contribution in [3.05, 3.63) is 60.1 Å². The van der Waals surface area contributed by atoms with E-state index in [1.165, 1.54) is 37.7 Å². The fourth-order valence-corrected chi connectivity index (χ4v) is 6.61. The number of benzene rings is 1. The highest BCUT2D eigenvalue weighted by molar-refractivity contribution is 6.01. The molecule has 5 heteroatoms. The third-order valence-corrected chi connectivity index (χ3v) is 8.42. The third-order valence-electron chi connectivity index (χ3n) is 8.42. The second-order valence-corrected chi connectivity index (χ2v) is 10.2. The number of likely N-dealkylation sites (tertiary alicyclic amines) is 1. The molecule has 2 bridgehead atoms. The Kier molecular flexibility index (Phi) is 4.98. The van der Waals surface area contributed by atoms with Gasteiger partial charge in [0.2, 0.25) is 5.91 Å². The van der Waals surface area contributed by atoms with Gasteiger partial charge in [-0.3, -0.25) is 9.79 Å². The lowest BCUT2D eigenvalue weighted by atomic mass is 9.78. The molecule has 3 heterocycles. The maximum absolute atomic E-state index is 13.8. The molecule has 2 aliphatic heterocycles. The van der Waals surface area contributed by atoms with Crippen LogP contribution in [0.2, 0.25) is 0 Å². The van der Waals surface area contributed by atoms with E-state index in [0.29, 0.717) is 18.9 Å². The monoisotopic (exact) mass is 432 g/mol. The van der Waals surface area contributed by atoms with E-state index in [-0.39, 0.29) is 29.9 Å². The number of carbonyl (C=O) groups is 1. The Hall–Kier alpha value is -2.40. The van der Waals surface area contributed by atoms with Crippen molar-refractivity contribution in [1.29, 1.82) is 0 Å². The maximum Gasteiger partial charge on any atom is 0.229 e. The fourth-order valence-electron chi connectivity index (χ4n) is 6.61. The van der Waals surface area contributed by atoms with Crippen LogP contribution in [0.1, 0.15) is 69.1 Å². The number of amides is 1. The van der Waals surface area contributed by atoms with Crippen molar-refractivity contribution in [1.82, 2.24) is 4.90 Å². The topological polar surface area (TPSA) is 55.0 Å². The SMILES string of the molecule is C[C@H]1[C@@H]2C[C@@]3(O[C@H](C4CCCCC4)N=C3C[C@@H]1c1ccccc1)N(Cc1ccco1)C2=O. The number of ether oxygens (including phenoxy) is 1. The smallest absolute Gasteiger partial charge is 0.229 e. The van der Waals surface area contributed by atoms with Crippen LogP contribution in [0.5, 0.6) is 0 Å². The fraction of sp³-hybridized carbons (Fsp3) is 0.556. The number of rotatable bonds is 4. The highest BCUT2D eigenvalue weighted by Crippen LogP contribution is 2.53. The van der Waals surface area contributed by atoms with Crippen LogP contribution in [0.25, 0.3) is 0 Å². The molecule has 1 spiro atoms. The molecule has 1 aromatic heterocycles. The standard InChI is InChI=1S/C27H32N2O3/c1-18-22(19-9-4-2-5-10-19)15-24-27(32-25(28-24)20-11-6-3-7-12-20)16-23(18)26(30)29(27)17-21-13-8-14-31-21/h2,4-5,8-10,13-14,18,20,22-23,25H,3,6-7,11-12,15-17H2,1H3/t18-,22+,23+,25-,27+/m1/s1. The first-order valence-electron chi connectivity index (χ1n) is 12.3. The zero-order valence-electron chi connectivity index (χ0n) is 18.8. The molecule has 1 saturated heterocycles. The summed E-state index contributed by atoms with van der Waals surface area (Å²) in [6.45, 7) is 2.69. The minimum atomic E-state index is -0.714. The van der Waals surface area contributed by atoms with E-state index in [0.717, 1.165) is 17.9 Å². The molecule has 2 saturated carbocycles. The average Bonchev–Trinajstić information content (AvgIpc) is 3.52. The van der Waals surface area contributed by atoms with Crippen LogP contribution < -0.4 is 0 Å². The van der Waals surface area contributed by atoms with Gasteiger partial charge in [0, 0.05) is 18.3 Å². The molecule has 3 fully saturated rings. The van der Waals surface area contributed by atoms with Gasteiger partial charge in [-0.25, -0.2) is 0 Å². The lowest BCUT2D eigenvalue weighted by molar-refractivity contribution is -0.156. The Morgan fingerprint density at radius 2 is 1.88 bits per heavy atom. The highest BCUT2D eigenvalue weighted by atomic mass is 16.6. The van der Waals surface area contributed by atoms with Crippen LogP contribution in [0, 0.1) is 17.8 Å². The predicted octanol–water partition coefficient (Wildman–Crippen LogP) is 5.53. The molecule has 2 aliphatic carbocycles. The molecule has 32 heavy (non-hydrogen) atoms. The van der Waals surface area contributed by atoms with Crippen LogP contribution in [-0.2, 0) is 16.1 Å². The van der Waals surface area contributed by atoms with Crippen molar-refractivity contribution in [2.45, 2.75) is 76.3 Å². The average molecular weight is 433 g/mol. The van der Waals surface area contributed by atoms with E-state index in [2.05, 4.69) is 37.3 Å². The molecule has 4 aliphatic rings. The van der Waals surface area contributed by atoms with Gasteiger partial charge in [0.05, 0.1) is 18.5 Å². The highest BCUT2D eigenvalue weighted by Gasteiger charge is 2.63. The molecular weight excluding hydrogens is 400 g/mol. The second-order valence-electron chi connectivity index (χ2n) is 10.2. The lowest BCUT2D eigenvalue weighted by Gasteiger charge is -2.38. The minimum absolute atomic E-state index is 0.0621. The van der Waals surface area contributed by atoms with Crippen LogP contribution in [0.4, 0.5) is 0 Å². The van der Waals surface area contributed by atoms with Gasteiger partial charge in [0.15, 0.2) is 12.0 Å². The zero-order valence-corrected chi connectivity index (χ0v) is 18.8. The van der Waals surface area contributed by atoms with Gasteiger partial charge >= 0.3 is 0 Å². The number of carbonyl (C=O) groups excluding carboxylic acids is 1. The van der Waals surface area contributed by atoms with Gasteiger partial charge in [-0.1, -0.05) is 56.5 Å². The number of fused-ring (bicyclic) bond motifs is 1. The second kappa shape index (κ2) is 7.87. The summed E-state index contributed by atoms with van der Waals surface area (Å²) in [6, 6.07) is 14.5. The summed E-state index contributed by atoms with van der Waals surface area (Å²) in [5, 5.41) is 0. The Bertz CT molecular complexity index is 995. The first-order chi connectivity index (χ1) is 15.7. The van der Waals surface area contributed by atoms with Crippen LogP contribution in [-0.4, -0.2) is 28.5 Å². The Balaban J connectivity index is 1.40. The summed E-state index contributed by atoms with van der Waals surface area (Å²) >= 11 is 0. The number of aliphatic imine (C=N–C) groups is 1. The van der Waals surface area contributed by atoms with Crippen molar-refractivity contribution in [3.63, 3.8) is 0 Å². The lowest BCUT2D eigenvalue weighted by Crippen LogP contribution is -2.52. The summed E-state index contributed by atoms with van der Waals surface area (Å²) in [5.41, 5.74) is 1.67. The van der Waals surface area contributed by atoms with Crippen molar-refractivity contribution < 1.29 is 13.9 Å². The van der Waals surface area contributed by atoms with Gasteiger partial charge in [-0.15, -0.1) is 0 Å². The summed E-state index contributed by atoms with van der Waals surface area (Å²) in [5.74, 6) is 1.90. The Morgan fingerprint density at radius 3 is 2.62 bits per heavy atom. The summed E-state index contributed by atoms with van der Waals surface area (Å²) in [4.78, 5) is 21.0. The molecule has 0 unspecified atom stereocenters.